The van der Waals surface area contributed by atoms with Crippen molar-refractivity contribution in [3.8, 4) is 0 Å². The highest BCUT2D eigenvalue weighted by atomic mass is 16.5. The zero-order valence-electron chi connectivity index (χ0n) is 10.1. The van der Waals surface area contributed by atoms with E-state index in [1.165, 1.54) is 0 Å². The summed E-state index contributed by atoms with van der Waals surface area (Å²) in [7, 11) is 0. The number of esters is 1. The number of benzene rings is 1. The Morgan fingerprint density at radius 1 is 1.24 bits per heavy atom. The summed E-state index contributed by atoms with van der Waals surface area (Å²) in [5.74, 6) is -0.216. The molecule has 4 nitrogen and oxygen atoms in total. The van der Waals surface area contributed by atoms with E-state index in [4.69, 9.17) is 15.2 Å². The molecule has 0 aliphatic heterocycles. The van der Waals surface area contributed by atoms with Gasteiger partial charge in [0.15, 0.2) is 0 Å². The molecule has 1 rings (SSSR count). The maximum absolute atomic E-state index is 11.4. The first kappa shape index (κ1) is 13.5. The van der Waals surface area contributed by atoms with Gasteiger partial charge in [0.2, 0.25) is 0 Å². The van der Waals surface area contributed by atoms with Crippen LogP contribution in [0.2, 0.25) is 0 Å². The van der Waals surface area contributed by atoms with E-state index in [0.29, 0.717) is 25.5 Å². The number of carbonyl (C=O) groups is 1. The van der Waals surface area contributed by atoms with Crippen molar-refractivity contribution in [3.05, 3.63) is 29.8 Å². The molecule has 0 amide bonds. The minimum atomic E-state index is -0.216. The summed E-state index contributed by atoms with van der Waals surface area (Å²) in [5, 5.41) is 0. The Kier molecular flexibility index (Phi) is 6.10. The van der Waals surface area contributed by atoms with Gasteiger partial charge in [0.1, 0.15) is 0 Å². The summed E-state index contributed by atoms with van der Waals surface area (Å²) in [6, 6.07) is 7.21. The number of hydrogen-bond acceptors (Lipinski definition) is 4. The van der Waals surface area contributed by atoms with E-state index in [1.54, 1.807) is 12.1 Å². The number of nitrogen functional groups attached to an aromatic ring is 1. The van der Waals surface area contributed by atoms with Crippen LogP contribution >= 0.6 is 0 Å². The van der Waals surface area contributed by atoms with Crippen LogP contribution in [0.1, 0.15) is 18.9 Å². The van der Waals surface area contributed by atoms with Crippen molar-refractivity contribution in [2.45, 2.75) is 19.8 Å². The summed E-state index contributed by atoms with van der Waals surface area (Å²) in [6.45, 7) is 3.67. The molecule has 0 radical (unpaired) electrons. The fourth-order valence-corrected chi connectivity index (χ4v) is 1.34. The van der Waals surface area contributed by atoms with Gasteiger partial charge in [0, 0.05) is 25.3 Å². The van der Waals surface area contributed by atoms with Crippen molar-refractivity contribution in [1.82, 2.24) is 0 Å². The first-order chi connectivity index (χ1) is 8.22. The molecular formula is C13H19NO3. The number of rotatable bonds is 7. The zero-order chi connectivity index (χ0) is 12.5. The molecule has 4 heteroatoms. The molecule has 0 saturated heterocycles. The van der Waals surface area contributed by atoms with Gasteiger partial charge >= 0.3 is 5.97 Å². The molecule has 0 atom stereocenters. The summed E-state index contributed by atoms with van der Waals surface area (Å²) in [5.41, 5.74) is 7.16. The third-order valence-electron chi connectivity index (χ3n) is 2.23. The standard InChI is InChI=1S/C13H19NO3/c1-2-16-8-3-9-17-13(15)10-11-4-6-12(14)7-5-11/h4-7H,2-3,8-10,14H2,1H3. The van der Waals surface area contributed by atoms with E-state index in [0.717, 1.165) is 12.0 Å². The Balaban J connectivity index is 2.18. The van der Waals surface area contributed by atoms with E-state index < -0.39 is 0 Å². The Morgan fingerprint density at radius 2 is 1.94 bits per heavy atom. The van der Waals surface area contributed by atoms with Crippen LogP contribution in [0.3, 0.4) is 0 Å². The summed E-state index contributed by atoms with van der Waals surface area (Å²) in [4.78, 5) is 11.4. The van der Waals surface area contributed by atoms with Crippen LogP contribution in [0.4, 0.5) is 5.69 Å². The average Bonchev–Trinajstić information content (AvgIpc) is 2.32. The monoisotopic (exact) mass is 237 g/mol. The second kappa shape index (κ2) is 7.68. The van der Waals surface area contributed by atoms with Gasteiger partial charge in [-0.25, -0.2) is 0 Å². The lowest BCUT2D eigenvalue weighted by Gasteiger charge is -2.05. The number of carbonyl (C=O) groups excluding carboxylic acids is 1. The van der Waals surface area contributed by atoms with Gasteiger partial charge in [0.25, 0.3) is 0 Å². The molecule has 1 aromatic rings. The van der Waals surface area contributed by atoms with Gasteiger partial charge in [-0.1, -0.05) is 12.1 Å². The Labute approximate surface area is 102 Å². The topological polar surface area (TPSA) is 61.5 Å². The number of nitrogens with two attached hydrogens (primary N) is 1. The number of hydrogen-bond donors (Lipinski definition) is 1. The highest BCUT2D eigenvalue weighted by molar-refractivity contribution is 5.72. The van der Waals surface area contributed by atoms with Crippen molar-refractivity contribution in [3.63, 3.8) is 0 Å². The average molecular weight is 237 g/mol. The molecular weight excluding hydrogens is 218 g/mol. The molecule has 0 heterocycles. The Bertz CT molecular complexity index is 335. The van der Waals surface area contributed by atoms with Gasteiger partial charge in [-0.15, -0.1) is 0 Å². The normalized spacial score (nSPS) is 10.2. The smallest absolute Gasteiger partial charge is 0.310 e. The minimum Gasteiger partial charge on any atom is -0.465 e. The summed E-state index contributed by atoms with van der Waals surface area (Å²) >= 11 is 0. The van der Waals surface area contributed by atoms with Crippen LogP contribution in [0, 0.1) is 0 Å². The Hall–Kier alpha value is -1.55. The molecule has 0 fully saturated rings. The van der Waals surface area contributed by atoms with Crippen LogP contribution in [-0.2, 0) is 20.7 Å². The number of ether oxygens (including phenoxy) is 2. The fraction of sp³-hybridized carbons (Fsp3) is 0.462. The van der Waals surface area contributed by atoms with Crippen molar-refractivity contribution in [2.24, 2.45) is 0 Å². The van der Waals surface area contributed by atoms with Crippen LogP contribution in [-0.4, -0.2) is 25.8 Å². The second-order valence-corrected chi connectivity index (χ2v) is 3.69. The predicted molar refractivity (Wildman–Crippen MR) is 66.6 cm³/mol. The van der Waals surface area contributed by atoms with Crippen LogP contribution < -0.4 is 5.73 Å². The van der Waals surface area contributed by atoms with E-state index in [9.17, 15) is 4.79 Å². The highest BCUT2D eigenvalue weighted by Gasteiger charge is 2.04. The van der Waals surface area contributed by atoms with Gasteiger partial charge in [-0.05, 0) is 24.6 Å². The molecule has 0 unspecified atom stereocenters. The molecule has 1 aromatic carbocycles. The quantitative estimate of drug-likeness (QED) is 0.446. The lowest BCUT2D eigenvalue weighted by molar-refractivity contribution is -0.143. The molecule has 0 spiro atoms. The third kappa shape index (κ3) is 5.92. The molecule has 0 aromatic heterocycles. The highest BCUT2D eigenvalue weighted by Crippen LogP contribution is 2.06. The van der Waals surface area contributed by atoms with Crippen LogP contribution in [0.15, 0.2) is 24.3 Å². The molecule has 0 saturated carbocycles. The SMILES string of the molecule is CCOCCCOC(=O)Cc1ccc(N)cc1. The molecule has 2 N–H and O–H groups in total. The van der Waals surface area contributed by atoms with E-state index >= 15 is 0 Å². The maximum atomic E-state index is 11.4. The molecule has 0 bridgehead atoms. The molecule has 0 aliphatic carbocycles. The maximum Gasteiger partial charge on any atom is 0.310 e. The second-order valence-electron chi connectivity index (χ2n) is 3.69. The van der Waals surface area contributed by atoms with Gasteiger partial charge in [-0.2, -0.15) is 0 Å². The Morgan fingerprint density at radius 3 is 2.59 bits per heavy atom. The lowest BCUT2D eigenvalue weighted by atomic mass is 10.1. The van der Waals surface area contributed by atoms with E-state index in [1.807, 2.05) is 19.1 Å². The van der Waals surface area contributed by atoms with E-state index in [-0.39, 0.29) is 12.4 Å². The summed E-state index contributed by atoms with van der Waals surface area (Å²) in [6.07, 6.45) is 1.02. The van der Waals surface area contributed by atoms with E-state index in [2.05, 4.69) is 0 Å². The minimum absolute atomic E-state index is 0.216. The lowest BCUT2D eigenvalue weighted by Crippen LogP contribution is -2.10. The molecule has 17 heavy (non-hydrogen) atoms. The van der Waals surface area contributed by atoms with Crippen LogP contribution in [0.5, 0.6) is 0 Å². The van der Waals surface area contributed by atoms with Crippen molar-refractivity contribution in [2.75, 3.05) is 25.6 Å². The first-order valence-corrected chi connectivity index (χ1v) is 5.80. The third-order valence-corrected chi connectivity index (χ3v) is 2.23. The molecule has 94 valence electrons. The fourth-order valence-electron chi connectivity index (χ4n) is 1.34. The number of anilines is 1. The van der Waals surface area contributed by atoms with Crippen molar-refractivity contribution in [1.29, 1.82) is 0 Å². The van der Waals surface area contributed by atoms with Crippen LogP contribution in [0.25, 0.3) is 0 Å². The van der Waals surface area contributed by atoms with Crippen molar-refractivity contribution >= 4 is 11.7 Å². The predicted octanol–water partition coefficient (Wildman–Crippen LogP) is 1.78. The van der Waals surface area contributed by atoms with Gasteiger partial charge < -0.3 is 15.2 Å². The summed E-state index contributed by atoms with van der Waals surface area (Å²) < 4.78 is 10.2. The zero-order valence-corrected chi connectivity index (χ0v) is 10.1. The largest absolute Gasteiger partial charge is 0.465 e. The van der Waals surface area contributed by atoms with Gasteiger partial charge in [-0.3, -0.25) is 4.79 Å². The van der Waals surface area contributed by atoms with Crippen molar-refractivity contribution < 1.29 is 14.3 Å². The molecule has 0 aliphatic rings. The van der Waals surface area contributed by atoms with Gasteiger partial charge in [0.05, 0.1) is 13.0 Å². The first-order valence-electron chi connectivity index (χ1n) is 5.80.